The van der Waals surface area contributed by atoms with Crippen molar-refractivity contribution in [3.8, 4) is 11.5 Å². The van der Waals surface area contributed by atoms with Gasteiger partial charge in [-0.15, -0.1) is 0 Å². The van der Waals surface area contributed by atoms with Gasteiger partial charge in [0.25, 0.3) is 0 Å². The summed E-state index contributed by atoms with van der Waals surface area (Å²) in [7, 11) is 1.54. The Labute approximate surface area is 150 Å². The Hall–Kier alpha value is -2.79. The molecule has 1 heterocycles. The van der Waals surface area contributed by atoms with Crippen LogP contribution in [0.5, 0.6) is 11.5 Å². The zero-order valence-electron chi connectivity index (χ0n) is 13.7. The number of aromatic nitrogens is 1. The lowest BCUT2D eigenvalue weighted by Gasteiger charge is -2.13. The van der Waals surface area contributed by atoms with Gasteiger partial charge in [0.2, 0.25) is 0 Å². The van der Waals surface area contributed by atoms with Crippen molar-refractivity contribution in [2.75, 3.05) is 25.6 Å². The lowest BCUT2D eigenvalue weighted by molar-refractivity contribution is 0.112. The molecule has 0 atom stereocenters. The van der Waals surface area contributed by atoms with Crippen LogP contribution in [0.25, 0.3) is 10.9 Å². The highest BCUT2D eigenvalue weighted by Gasteiger charge is 2.06. The smallest absolute Gasteiger partial charge is 0.161 e. The van der Waals surface area contributed by atoms with Crippen molar-refractivity contribution in [3.05, 3.63) is 59.2 Å². The van der Waals surface area contributed by atoms with Gasteiger partial charge in [-0.05, 0) is 42.5 Å². The van der Waals surface area contributed by atoms with Crippen LogP contribution in [0, 0.1) is 0 Å². The molecule has 0 radical (unpaired) electrons. The molecule has 0 aliphatic heterocycles. The molecule has 0 fully saturated rings. The summed E-state index contributed by atoms with van der Waals surface area (Å²) in [6, 6.07) is 12.6. The topological polar surface area (TPSA) is 60.5 Å². The molecular formula is C19H17ClN2O3. The number of carbonyl (C=O) groups excluding carboxylic acids is 1. The number of carbonyl (C=O) groups is 1. The molecule has 1 aromatic heterocycles. The number of hydrogen-bond acceptors (Lipinski definition) is 5. The van der Waals surface area contributed by atoms with Crippen LogP contribution in [0.4, 0.5) is 5.69 Å². The van der Waals surface area contributed by atoms with E-state index in [1.807, 2.05) is 24.3 Å². The van der Waals surface area contributed by atoms with Crippen molar-refractivity contribution in [2.45, 2.75) is 0 Å². The van der Waals surface area contributed by atoms with Crippen LogP contribution >= 0.6 is 11.6 Å². The third-order valence-electron chi connectivity index (χ3n) is 3.70. The molecule has 0 saturated heterocycles. The van der Waals surface area contributed by atoms with Crippen LogP contribution in [-0.2, 0) is 0 Å². The first-order chi connectivity index (χ1) is 12.2. The molecule has 128 valence electrons. The number of rotatable bonds is 7. The summed E-state index contributed by atoms with van der Waals surface area (Å²) < 4.78 is 11.0. The molecular weight excluding hydrogens is 340 g/mol. The summed E-state index contributed by atoms with van der Waals surface area (Å²) in [5.41, 5.74) is 2.35. The Kier molecular flexibility index (Phi) is 5.36. The number of benzene rings is 2. The number of anilines is 1. The van der Waals surface area contributed by atoms with Gasteiger partial charge in [0.15, 0.2) is 11.5 Å². The summed E-state index contributed by atoms with van der Waals surface area (Å²) in [6.07, 6.45) is 2.51. The monoisotopic (exact) mass is 356 g/mol. The predicted molar refractivity (Wildman–Crippen MR) is 99.1 cm³/mol. The van der Waals surface area contributed by atoms with E-state index in [0.29, 0.717) is 35.2 Å². The minimum Gasteiger partial charge on any atom is -0.493 e. The highest BCUT2D eigenvalue weighted by atomic mass is 35.5. The number of methoxy groups -OCH3 is 1. The van der Waals surface area contributed by atoms with Crippen LogP contribution in [0.3, 0.4) is 0 Å². The SMILES string of the molecule is COc1cc(C=O)ccc1OCCNc1ccnc2cc(Cl)ccc12. The molecule has 25 heavy (non-hydrogen) atoms. The number of nitrogens with one attached hydrogen (secondary N) is 1. The van der Waals surface area contributed by atoms with Crippen molar-refractivity contribution in [1.82, 2.24) is 4.98 Å². The third-order valence-corrected chi connectivity index (χ3v) is 3.94. The van der Waals surface area contributed by atoms with E-state index in [2.05, 4.69) is 10.3 Å². The van der Waals surface area contributed by atoms with E-state index in [0.717, 1.165) is 22.9 Å². The summed E-state index contributed by atoms with van der Waals surface area (Å²) >= 11 is 6.00. The normalized spacial score (nSPS) is 10.5. The Balaban J connectivity index is 1.63. The molecule has 0 saturated carbocycles. The van der Waals surface area contributed by atoms with Crippen molar-refractivity contribution in [1.29, 1.82) is 0 Å². The molecule has 0 bridgehead atoms. The number of fused-ring (bicyclic) bond motifs is 1. The number of halogens is 1. The zero-order chi connectivity index (χ0) is 17.6. The molecule has 0 spiro atoms. The second kappa shape index (κ2) is 7.85. The van der Waals surface area contributed by atoms with E-state index in [4.69, 9.17) is 21.1 Å². The maximum absolute atomic E-state index is 10.8. The second-order valence-electron chi connectivity index (χ2n) is 5.32. The van der Waals surface area contributed by atoms with E-state index in [-0.39, 0.29) is 0 Å². The highest BCUT2D eigenvalue weighted by molar-refractivity contribution is 6.31. The van der Waals surface area contributed by atoms with Gasteiger partial charge in [0.05, 0.1) is 12.6 Å². The van der Waals surface area contributed by atoms with Crippen LogP contribution in [-0.4, -0.2) is 31.5 Å². The lowest BCUT2D eigenvalue weighted by atomic mass is 10.2. The summed E-state index contributed by atoms with van der Waals surface area (Å²) in [4.78, 5) is 15.1. The lowest BCUT2D eigenvalue weighted by Crippen LogP contribution is -2.12. The standard InChI is InChI=1S/C19H17ClN2O3/c1-24-19-10-13(12-23)2-5-18(19)25-9-8-22-16-6-7-21-17-11-14(20)3-4-15(16)17/h2-7,10-12H,8-9H2,1H3,(H,21,22). The average Bonchev–Trinajstić information content (AvgIpc) is 2.65. The number of pyridine rings is 1. The summed E-state index contributed by atoms with van der Waals surface area (Å²) in [6.45, 7) is 1.04. The van der Waals surface area contributed by atoms with Gasteiger partial charge in [-0.25, -0.2) is 0 Å². The summed E-state index contributed by atoms with van der Waals surface area (Å²) in [5, 5.41) is 4.99. The Bertz CT molecular complexity index is 899. The molecule has 3 aromatic rings. The second-order valence-corrected chi connectivity index (χ2v) is 5.76. The Morgan fingerprint density at radius 2 is 2.04 bits per heavy atom. The predicted octanol–water partition coefficient (Wildman–Crippen LogP) is 4.20. The molecule has 0 aliphatic rings. The third kappa shape index (κ3) is 4.00. The first kappa shape index (κ1) is 17.0. The first-order valence-corrected chi connectivity index (χ1v) is 8.13. The average molecular weight is 357 g/mol. The molecule has 1 N–H and O–H groups in total. The van der Waals surface area contributed by atoms with E-state index in [1.165, 1.54) is 0 Å². The zero-order valence-corrected chi connectivity index (χ0v) is 14.4. The molecule has 3 rings (SSSR count). The van der Waals surface area contributed by atoms with Crippen molar-refractivity contribution in [2.24, 2.45) is 0 Å². The van der Waals surface area contributed by atoms with E-state index in [1.54, 1.807) is 31.5 Å². The van der Waals surface area contributed by atoms with Crippen LogP contribution in [0.2, 0.25) is 5.02 Å². The Morgan fingerprint density at radius 3 is 2.84 bits per heavy atom. The number of hydrogen-bond donors (Lipinski definition) is 1. The largest absolute Gasteiger partial charge is 0.493 e. The molecule has 2 aromatic carbocycles. The maximum atomic E-state index is 10.8. The number of nitrogens with zero attached hydrogens (tertiary/aromatic N) is 1. The van der Waals surface area contributed by atoms with Gasteiger partial charge in [0.1, 0.15) is 12.9 Å². The van der Waals surface area contributed by atoms with E-state index in [9.17, 15) is 4.79 Å². The van der Waals surface area contributed by atoms with Gasteiger partial charge >= 0.3 is 0 Å². The van der Waals surface area contributed by atoms with Crippen molar-refractivity contribution >= 4 is 34.5 Å². The van der Waals surface area contributed by atoms with Crippen molar-refractivity contribution < 1.29 is 14.3 Å². The molecule has 6 heteroatoms. The fraction of sp³-hybridized carbons (Fsp3) is 0.158. The van der Waals surface area contributed by atoms with Gasteiger partial charge in [-0.3, -0.25) is 9.78 Å². The van der Waals surface area contributed by atoms with Crippen molar-refractivity contribution in [3.63, 3.8) is 0 Å². The van der Waals surface area contributed by atoms with Crippen LogP contribution < -0.4 is 14.8 Å². The number of aldehydes is 1. The fourth-order valence-electron chi connectivity index (χ4n) is 2.50. The minimum absolute atomic E-state index is 0.439. The van der Waals surface area contributed by atoms with Gasteiger partial charge in [-0.2, -0.15) is 0 Å². The summed E-state index contributed by atoms with van der Waals surface area (Å²) in [5.74, 6) is 1.13. The fourth-order valence-corrected chi connectivity index (χ4v) is 2.67. The van der Waals surface area contributed by atoms with E-state index < -0.39 is 0 Å². The number of ether oxygens (including phenoxy) is 2. The van der Waals surface area contributed by atoms with Crippen LogP contribution in [0.1, 0.15) is 10.4 Å². The Morgan fingerprint density at radius 1 is 1.16 bits per heavy atom. The molecule has 5 nitrogen and oxygen atoms in total. The van der Waals surface area contributed by atoms with E-state index >= 15 is 0 Å². The molecule has 0 aliphatic carbocycles. The first-order valence-electron chi connectivity index (χ1n) is 7.75. The van der Waals surface area contributed by atoms with Gasteiger partial charge < -0.3 is 14.8 Å². The quantitative estimate of drug-likeness (QED) is 0.508. The highest BCUT2D eigenvalue weighted by Crippen LogP contribution is 2.28. The van der Waals surface area contributed by atoms with Crippen LogP contribution in [0.15, 0.2) is 48.7 Å². The maximum Gasteiger partial charge on any atom is 0.161 e. The van der Waals surface area contributed by atoms with Gasteiger partial charge in [-0.1, -0.05) is 11.6 Å². The molecule has 0 amide bonds. The molecule has 0 unspecified atom stereocenters. The minimum atomic E-state index is 0.439. The van der Waals surface area contributed by atoms with Gasteiger partial charge in [0, 0.05) is 34.4 Å².